The minimum atomic E-state index is -1.32. The molecule has 1 amide bonds. The summed E-state index contributed by atoms with van der Waals surface area (Å²) in [6, 6.07) is 8.71. The number of halogens is 2. The van der Waals surface area contributed by atoms with Gasteiger partial charge in [-0.1, -0.05) is 6.07 Å². The molecule has 0 aliphatic heterocycles. The van der Waals surface area contributed by atoms with Crippen LogP contribution in [0.1, 0.15) is 38.0 Å². The number of hydrogen-bond donors (Lipinski definition) is 2. The van der Waals surface area contributed by atoms with Crippen LogP contribution >= 0.6 is 0 Å². The second-order valence-corrected chi connectivity index (χ2v) is 7.65. The van der Waals surface area contributed by atoms with Crippen molar-refractivity contribution in [2.45, 2.75) is 6.92 Å². The van der Waals surface area contributed by atoms with Crippen LogP contribution in [0.5, 0.6) is 0 Å². The molecule has 3 N–H and O–H groups in total. The number of pyridine rings is 1. The zero-order valence-electron chi connectivity index (χ0n) is 17.6. The first-order valence-electron chi connectivity index (χ1n) is 10.0. The maximum absolute atomic E-state index is 14.8. The number of amides is 1. The first-order valence-corrected chi connectivity index (χ1v) is 10.0. The largest absolute Gasteiger partial charge is 0.366 e. The van der Waals surface area contributed by atoms with Gasteiger partial charge in [-0.25, -0.2) is 18.4 Å². The molecule has 0 radical (unpaired) electrons. The van der Waals surface area contributed by atoms with Gasteiger partial charge in [0.1, 0.15) is 17.3 Å². The molecular weight excluding hydrogens is 444 g/mol. The lowest BCUT2D eigenvalue weighted by Crippen LogP contribution is -2.17. The molecule has 0 bridgehead atoms. The van der Waals surface area contributed by atoms with Gasteiger partial charge in [0.2, 0.25) is 11.7 Å². The maximum atomic E-state index is 14.8. The Bertz CT molecular complexity index is 1670. The summed E-state index contributed by atoms with van der Waals surface area (Å²) in [5.41, 5.74) is 6.00. The fourth-order valence-corrected chi connectivity index (χ4v) is 3.90. The number of H-pyrrole nitrogens is 1. The predicted octanol–water partition coefficient (Wildman–Crippen LogP) is 3.85. The molecule has 0 aliphatic rings. The summed E-state index contributed by atoms with van der Waals surface area (Å²) in [7, 11) is 0. The number of nitrogens with one attached hydrogen (secondary N) is 1. The molecular formula is C24H15F2N5O3. The lowest BCUT2D eigenvalue weighted by Gasteiger charge is -2.07. The van der Waals surface area contributed by atoms with Gasteiger partial charge < -0.3 is 10.7 Å². The van der Waals surface area contributed by atoms with Crippen LogP contribution in [0.3, 0.4) is 0 Å². The number of fused-ring (bicyclic) bond motifs is 2. The third-order valence-electron chi connectivity index (χ3n) is 5.56. The number of nitrogens with zero attached hydrogens (tertiary/aromatic N) is 3. The number of rotatable bonds is 4. The van der Waals surface area contributed by atoms with Crippen molar-refractivity contribution in [3.05, 3.63) is 83.3 Å². The van der Waals surface area contributed by atoms with Gasteiger partial charge in [0.05, 0.1) is 22.8 Å². The first-order chi connectivity index (χ1) is 16.3. The number of carbonyl (C=O) groups is 3. The van der Waals surface area contributed by atoms with Crippen molar-refractivity contribution in [2.24, 2.45) is 5.73 Å². The Balaban J connectivity index is 1.62. The van der Waals surface area contributed by atoms with Gasteiger partial charge in [0, 0.05) is 41.2 Å². The second-order valence-electron chi connectivity index (χ2n) is 7.65. The van der Waals surface area contributed by atoms with E-state index in [1.54, 1.807) is 30.6 Å². The average Bonchev–Trinajstić information content (AvgIpc) is 3.42. The molecule has 10 heteroatoms. The topological polar surface area (TPSA) is 124 Å². The third-order valence-corrected chi connectivity index (χ3v) is 5.56. The first kappa shape index (κ1) is 21.1. The minimum Gasteiger partial charge on any atom is -0.366 e. The normalized spacial score (nSPS) is 11.3. The molecule has 3 heterocycles. The number of ketones is 1. The van der Waals surface area contributed by atoms with Gasteiger partial charge in [0.25, 0.3) is 5.91 Å². The summed E-state index contributed by atoms with van der Waals surface area (Å²) >= 11 is 0. The Morgan fingerprint density at radius 2 is 1.79 bits per heavy atom. The molecule has 0 saturated carbocycles. The summed E-state index contributed by atoms with van der Waals surface area (Å²) in [5.74, 6) is -4.72. The predicted molar refractivity (Wildman–Crippen MR) is 119 cm³/mol. The van der Waals surface area contributed by atoms with Crippen LogP contribution in [0.4, 0.5) is 8.78 Å². The van der Waals surface area contributed by atoms with Gasteiger partial charge >= 0.3 is 0 Å². The summed E-state index contributed by atoms with van der Waals surface area (Å²) in [5, 5.41) is 5.14. The van der Waals surface area contributed by atoms with E-state index in [0.29, 0.717) is 22.1 Å². The van der Waals surface area contributed by atoms with Crippen LogP contribution < -0.4 is 5.73 Å². The Labute approximate surface area is 190 Å². The maximum Gasteiger partial charge on any atom is 0.251 e. The van der Waals surface area contributed by atoms with Crippen molar-refractivity contribution in [3.8, 4) is 11.1 Å². The molecule has 34 heavy (non-hydrogen) atoms. The number of carbonyl (C=O) groups excluding carboxylic acids is 3. The van der Waals surface area contributed by atoms with Gasteiger partial charge in [-0.3, -0.25) is 14.4 Å². The highest BCUT2D eigenvalue weighted by molar-refractivity contribution is 6.17. The van der Waals surface area contributed by atoms with Crippen LogP contribution in [0.2, 0.25) is 0 Å². The van der Waals surface area contributed by atoms with E-state index in [1.807, 2.05) is 6.07 Å². The Morgan fingerprint density at radius 3 is 2.53 bits per heavy atom. The quantitative estimate of drug-likeness (QED) is 0.395. The van der Waals surface area contributed by atoms with Crippen molar-refractivity contribution in [1.82, 2.24) is 19.7 Å². The molecule has 5 aromatic rings. The molecule has 8 nitrogen and oxygen atoms in total. The number of nitrogens with two attached hydrogens (primary N) is 1. The highest BCUT2D eigenvalue weighted by atomic mass is 19.1. The van der Waals surface area contributed by atoms with Gasteiger partial charge in [-0.05, 0) is 35.9 Å². The number of benzene rings is 2. The van der Waals surface area contributed by atoms with Crippen molar-refractivity contribution in [1.29, 1.82) is 0 Å². The fourth-order valence-electron chi connectivity index (χ4n) is 3.90. The monoisotopic (exact) mass is 459 g/mol. The van der Waals surface area contributed by atoms with Crippen molar-refractivity contribution in [3.63, 3.8) is 0 Å². The van der Waals surface area contributed by atoms with Gasteiger partial charge in [-0.2, -0.15) is 5.10 Å². The van der Waals surface area contributed by atoms with Gasteiger partial charge in [0.15, 0.2) is 0 Å². The van der Waals surface area contributed by atoms with Crippen LogP contribution in [-0.4, -0.2) is 37.3 Å². The SMILES string of the molecule is CC(=O)n1ncc2cc(-c3cnc4[nH]cc(C(=O)c5c(F)ccc(C(N)=O)c5F)c4c3)ccc21. The molecule has 0 aliphatic carbocycles. The van der Waals surface area contributed by atoms with E-state index in [-0.39, 0.29) is 11.5 Å². The Hall–Kier alpha value is -4.73. The summed E-state index contributed by atoms with van der Waals surface area (Å²) in [6.07, 6.45) is 4.45. The summed E-state index contributed by atoms with van der Waals surface area (Å²) in [6.45, 7) is 1.41. The highest BCUT2D eigenvalue weighted by Crippen LogP contribution is 2.29. The number of primary amides is 1. The molecule has 0 spiro atoms. The van der Waals surface area contributed by atoms with E-state index in [2.05, 4.69) is 15.1 Å². The average molecular weight is 459 g/mol. The molecule has 0 fully saturated rings. The molecule has 2 aromatic carbocycles. The zero-order valence-corrected chi connectivity index (χ0v) is 17.6. The minimum absolute atomic E-state index is 0.0192. The fraction of sp³-hybridized carbons (Fsp3) is 0.0417. The van der Waals surface area contributed by atoms with Crippen LogP contribution in [0.25, 0.3) is 33.1 Å². The van der Waals surface area contributed by atoms with E-state index in [4.69, 9.17) is 5.73 Å². The summed E-state index contributed by atoms with van der Waals surface area (Å²) < 4.78 is 30.5. The second kappa shape index (κ2) is 7.69. The van der Waals surface area contributed by atoms with Crippen molar-refractivity contribution >= 4 is 39.5 Å². The number of aromatic amines is 1. The molecule has 3 aromatic heterocycles. The molecule has 168 valence electrons. The molecule has 0 atom stereocenters. The Morgan fingerprint density at radius 1 is 1.00 bits per heavy atom. The van der Waals surface area contributed by atoms with E-state index >= 15 is 0 Å². The lowest BCUT2D eigenvalue weighted by atomic mass is 9.98. The number of aromatic nitrogens is 4. The molecule has 0 unspecified atom stereocenters. The van der Waals surface area contributed by atoms with E-state index < -0.39 is 34.5 Å². The summed E-state index contributed by atoms with van der Waals surface area (Å²) in [4.78, 5) is 43.4. The van der Waals surface area contributed by atoms with Crippen LogP contribution in [-0.2, 0) is 0 Å². The van der Waals surface area contributed by atoms with E-state index in [9.17, 15) is 23.2 Å². The van der Waals surface area contributed by atoms with Crippen LogP contribution in [0, 0.1) is 11.6 Å². The lowest BCUT2D eigenvalue weighted by molar-refractivity contribution is 0.0925. The molecule has 0 saturated heterocycles. The van der Waals surface area contributed by atoms with E-state index in [0.717, 1.165) is 23.1 Å². The van der Waals surface area contributed by atoms with Gasteiger partial charge in [-0.15, -0.1) is 0 Å². The van der Waals surface area contributed by atoms with Crippen LogP contribution in [0.15, 0.2) is 55.0 Å². The third kappa shape index (κ3) is 3.24. The number of hydrogen-bond acceptors (Lipinski definition) is 5. The Kier molecular flexibility index (Phi) is 4.78. The standard InChI is InChI=1S/C24H15F2N5O3/c1-11(32)31-19-5-2-12(6-14(19)9-30-31)13-7-16-17(10-29-24(16)28-8-13)22(33)20-18(25)4-3-15(21(20)26)23(27)34/h2-10H,1H3,(H2,27,34)(H,28,29). The smallest absolute Gasteiger partial charge is 0.251 e. The van der Waals surface area contributed by atoms with E-state index in [1.165, 1.54) is 17.8 Å². The molecule has 5 rings (SSSR count). The van der Waals surface area contributed by atoms with Crippen molar-refractivity contribution < 1.29 is 23.2 Å². The van der Waals surface area contributed by atoms with Crippen molar-refractivity contribution in [2.75, 3.05) is 0 Å². The highest BCUT2D eigenvalue weighted by Gasteiger charge is 2.26. The zero-order chi connectivity index (χ0) is 24.1.